The fourth-order valence-corrected chi connectivity index (χ4v) is 4.55. The number of hydrogen-bond acceptors (Lipinski definition) is 5. The summed E-state index contributed by atoms with van der Waals surface area (Å²) in [5, 5.41) is 19.9. The Kier molecular flexibility index (Phi) is 6.19. The molecule has 0 atom stereocenters. The second-order valence-electron chi connectivity index (χ2n) is 8.34. The number of piperazine rings is 1. The van der Waals surface area contributed by atoms with E-state index in [1.165, 1.54) is 31.4 Å². The average Bonchev–Trinajstić information content (AvgIpc) is 3.32. The predicted octanol–water partition coefficient (Wildman–Crippen LogP) is 3.74. The van der Waals surface area contributed by atoms with Gasteiger partial charge in [0.1, 0.15) is 5.75 Å². The molecular weight excluding hydrogens is 366 g/mol. The Morgan fingerprint density at radius 3 is 2.41 bits per heavy atom. The number of rotatable bonds is 7. The van der Waals surface area contributed by atoms with Gasteiger partial charge in [-0.1, -0.05) is 12.1 Å². The van der Waals surface area contributed by atoms with Crippen molar-refractivity contribution in [3.63, 3.8) is 0 Å². The monoisotopic (exact) mass is 399 g/mol. The van der Waals surface area contributed by atoms with Crippen molar-refractivity contribution < 1.29 is 14.9 Å². The molecule has 2 fully saturated rings. The molecule has 0 bridgehead atoms. The maximum Gasteiger partial charge on any atom is 0.196 e. The van der Waals surface area contributed by atoms with Gasteiger partial charge >= 0.3 is 0 Å². The van der Waals surface area contributed by atoms with Crippen LogP contribution in [0.15, 0.2) is 30.3 Å². The molecule has 2 aromatic rings. The fraction of sp³-hybridized carbons (Fsp3) is 0.565. The van der Waals surface area contributed by atoms with Crippen molar-refractivity contribution in [1.29, 1.82) is 0 Å². The molecule has 29 heavy (non-hydrogen) atoms. The van der Waals surface area contributed by atoms with Gasteiger partial charge in [-0.05, 0) is 57.7 Å². The zero-order valence-corrected chi connectivity index (χ0v) is 17.4. The molecule has 6 heteroatoms. The zero-order valence-electron chi connectivity index (χ0n) is 17.4. The third kappa shape index (κ3) is 4.64. The van der Waals surface area contributed by atoms with Crippen LogP contribution in [-0.2, 0) is 6.54 Å². The van der Waals surface area contributed by atoms with E-state index in [2.05, 4.69) is 34.1 Å². The fourth-order valence-electron chi connectivity index (χ4n) is 4.55. The lowest BCUT2D eigenvalue weighted by atomic mass is 10.2. The van der Waals surface area contributed by atoms with Crippen LogP contribution in [0.25, 0.3) is 0 Å². The Bertz CT molecular complexity index is 806. The van der Waals surface area contributed by atoms with Crippen LogP contribution in [0.3, 0.4) is 0 Å². The van der Waals surface area contributed by atoms with Crippen LogP contribution in [0.5, 0.6) is 17.5 Å². The second-order valence-corrected chi connectivity index (χ2v) is 8.34. The van der Waals surface area contributed by atoms with Gasteiger partial charge in [0.25, 0.3) is 0 Å². The minimum Gasteiger partial charge on any atom is -0.494 e. The van der Waals surface area contributed by atoms with Crippen molar-refractivity contribution in [2.24, 2.45) is 0 Å². The maximum absolute atomic E-state index is 10.0. The van der Waals surface area contributed by atoms with E-state index >= 15 is 0 Å². The highest BCUT2D eigenvalue weighted by atomic mass is 16.5. The summed E-state index contributed by atoms with van der Waals surface area (Å²) in [6, 6.07) is 10.1. The van der Waals surface area contributed by atoms with Crippen molar-refractivity contribution in [3.8, 4) is 17.5 Å². The standard InChI is InChI=1S/C23H33N3O3/c1-18-17-22(27)26(23(18)28)12-6-11-24-13-15-25(16-14-24)20-9-4-5-10-21(20)29-19-7-2-3-8-19/h4-5,9-10,17,19,27-28H,2-3,6-8,11-16H2,1H3. The van der Waals surface area contributed by atoms with Crippen molar-refractivity contribution in [2.75, 3.05) is 37.6 Å². The normalized spacial score (nSPS) is 18.4. The lowest BCUT2D eigenvalue weighted by Crippen LogP contribution is -2.46. The first-order valence-electron chi connectivity index (χ1n) is 10.9. The molecule has 1 saturated carbocycles. The largest absolute Gasteiger partial charge is 0.494 e. The summed E-state index contributed by atoms with van der Waals surface area (Å²) < 4.78 is 7.90. The smallest absolute Gasteiger partial charge is 0.196 e. The minimum atomic E-state index is 0.142. The maximum atomic E-state index is 10.0. The average molecular weight is 400 g/mol. The third-order valence-corrected chi connectivity index (χ3v) is 6.26. The van der Waals surface area contributed by atoms with E-state index < -0.39 is 0 Å². The first-order chi connectivity index (χ1) is 14.1. The predicted molar refractivity (Wildman–Crippen MR) is 115 cm³/mol. The van der Waals surface area contributed by atoms with Crippen LogP contribution in [-0.4, -0.2) is 58.5 Å². The molecule has 2 N–H and O–H groups in total. The molecule has 0 unspecified atom stereocenters. The molecule has 0 amide bonds. The van der Waals surface area contributed by atoms with E-state index in [1.807, 2.05) is 0 Å². The van der Waals surface area contributed by atoms with Gasteiger partial charge in [0.15, 0.2) is 11.8 Å². The summed E-state index contributed by atoms with van der Waals surface area (Å²) in [5.41, 5.74) is 1.94. The van der Waals surface area contributed by atoms with E-state index in [0.717, 1.165) is 50.5 Å². The van der Waals surface area contributed by atoms with Crippen molar-refractivity contribution in [2.45, 2.75) is 51.7 Å². The van der Waals surface area contributed by atoms with E-state index in [4.69, 9.17) is 4.74 Å². The Hall–Kier alpha value is -2.34. The Balaban J connectivity index is 1.27. The number of para-hydroxylation sites is 2. The van der Waals surface area contributed by atoms with E-state index in [1.54, 1.807) is 17.6 Å². The van der Waals surface area contributed by atoms with Gasteiger partial charge in [-0.3, -0.25) is 9.47 Å². The Morgan fingerprint density at radius 2 is 1.72 bits per heavy atom. The third-order valence-electron chi connectivity index (χ3n) is 6.26. The van der Waals surface area contributed by atoms with Gasteiger partial charge in [0.2, 0.25) is 0 Å². The molecule has 6 nitrogen and oxygen atoms in total. The number of aromatic nitrogens is 1. The second kappa shape index (κ2) is 8.99. The molecule has 158 valence electrons. The summed E-state index contributed by atoms with van der Waals surface area (Å²) in [6.07, 6.45) is 6.19. The summed E-state index contributed by atoms with van der Waals surface area (Å²) in [7, 11) is 0. The molecule has 1 saturated heterocycles. The van der Waals surface area contributed by atoms with Crippen LogP contribution in [0.1, 0.15) is 37.7 Å². The molecule has 1 aromatic heterocycles. The van der Waals surface area contributed by atoms with Crippen molar-refractivity contribution in [1.82, 2.24) is 9.47 Å². The van der Waals surface area contributed by atoms with Gasteiger partial charge in [-0.25, -0.2) is 0 Å². The Morgan fingerprint density at radius 1 is 1.00 bits per heavy atom. The summed E-state index contributed by atoms with van der Waals surface area (Å²) in [6.45, 7) is 7.40. The molecule has 2 heterocycles. The molecule has 1 aliphatic carbocycles. The number of aromatic hydroxyl groups is 2. The van der Waals surface area contributed by atoms with Crippen molar-refractivity contribution >= 4 is 5.69 Å². The summed E-state index contributed by atoms with van der Waals surface area (Å²) in [5.74, 6) is 1.34. The van der Waals surface area contributed by atoms with Crippen LogP contribution in [0.4, 0.5) is 5.69 Å². The zero-order chi connectivity index (χ0) is 20.2. The quantitative estimate of drug-likeness (QED) is 0.743. The number of hydrogen-bond donors (Lipinski definition) is 2. The summed E-state index contributed by atoms with van der Waals surface area (Å²) >= 11 is 0. The number of nitrogens with zero attached hydrogens (tertiary/aromatic N) is 3. The highest BCUT2D eigenvalue weighted by Gasteiger charge is 2.22. The molecule has 4 rings (SSSR count). The van der Waals surface area contributed by atoms with Crippen LogP contribution in [0.2, 0.25) is 0 Å². The van der Waals surface area contributed by atoms with Gasteiger partial charge in [-0.15, -0.1) is 0 Å². The van der Waals surface area contributed by atoms with Gasteiger partial charge < -0.3 is 19.8 Å². The van der Waals surface area contributed by atoms with Gasteiger partial charge in [0, 0.05) is 44.4 Å². The lowest BCUT2D eigenvalue weighted by Gasteiger charge is -2.37. The van der Waals surface area contributed by atoms with E-state index in [9.17, 15) is 10.2 Å². The van der Waals surface area contributed by atoms with Crippen LogP contribution >= 0.6 is 0 Å². The first kappa shape index (κ1) is 20.0. The van der Waals surface area contributed by atoms with Gasteiger partial charge in [-0.2, -0.15) is 0 Å². The number of anilines is 1. The SMILES string of the molecule is Cc1cc(O)n(CCCN2CCN(c3ccccc3OC3CCCC3)CC2)c1O. The number of benzene rings is 1. The molecule has 0 radical (unpaired) electrons. The molecule has 1 aromatic carbocycles. The number of aryl methyl sites for hydroxylation is 1. The molecular formula is C23H33N3O3. The van der Waals surface area contributed by atoms with Crippen molar-refractivity contribution in [3.05, 3.63) is 35.9 Å². The molecule has 0 spiro atoms. The van der Waals surface area contributed by atoms with E-state index in [-0.39, 0.29) is 11.8 Å². The lowest BCUT2D eigenvalue weighted by molar-refractivity contribution is 0.208. The van der Waals surface area contributed by atoms with Crippen LogP contribution in [0, 0.1) is 6.92 Å². The Labute approximate surface area is 173 Å². The minimum absolute atomic E-state index is 0.142. The van der Waals surface area contributed by atoms with Gasteiger partial charge in [0.05, 0.1) is 11.8 Å². The van der Waals surface area contributed by atoms with E-state index in [0.29, 0.717) is 12.6 Å². The molecule has 2 aliphatic rings. The highest BCUT2D eigenvalue weighted by Crippen LogP contribution is 2.33. The highest BCUT2D eigenvalue weighted by molar-refractivity contribution is 5.58. The number of ether oxygens (including phenoxy) is 1. The topological polar surface area (TPSA) is 61.1 Å². The van der Waals surface area contributed by atoms with Crippen LogP contribution < -0.4 is 9.64 Å². The molecule has 1 aliphatic heterocycles. The summed E-state index contributed by atoms with van der Waals surface area (Å²) in [4.78, 5) is 4.90. The first-order valence-corrected chi connectivity index (χ1v) is 10.9.